The Balaban J connectivity index is 1.12. The third-order valence-corrected chi connectivity index (χ3v) is 13.3. The van der Waals surface area contributed by atoms with Crippen LogP contribution in [0.15, 0.2) is 229 Å². The zero-order valence-electron chi connectivity index (χ0n) is 36.0. The van der Waals surface area contributed by atoms with Crippen LogP contribution < -0.4 is 0 Å². The fourth-order valence-electron chi connectivity index (χ4n) is 10.4. The van der Waals surface area contributed by atoms with E-state index in [0.29, 0.717) is 17.5 Å². The summed E-state index contributed by atoms with van der Waals surface area (Å²) in [5.74, 6) is 1.71. The molecule has 10 aromatic carbocycles. The molecule has 6 nitrogen and oxygen atoms in total. The number of rotatable bonds is 6. The molecule has 14 rings (SSSR count). The molecule has 312 valence electrons. The quantitative estimate of drug-likeness (QED) is 0.167. The molecule has 67 heavy (non-hydrogen) atoms. The van der Waals surface area contributed by atoms with E-state index in [-0.39, 0.29) is 0 Å². The molecule has 0 aliphatic heterocycles. The van der Waals surface area contributed by atoms with Gasteiger partial charge in [-0.05, 0) is 88.6 Å². The third kappa shape index (κ3) is 5.80. The molecule has 0 N–H and O–H groups in total. The summed E-state index contributed by atoms with van der Waals surface area (Å²) < 4.78 is 11.4. The van der Waals surface area contributed by atoms with E-state index >= 15 is 0 Å². The van der Waals surface area contributed by atoms with Crippen molar-refractivity contribution in [3.8, 4) is 56.7 Å². The minimum absolute atomic E-state index is 0.554. The van der Waals surface area contributed by atoms with Crippen molar-refractivity contribution in [2.24, 2.45) is 0 Å². The zero-order valence-corrected chi connectivity index (χ0v) is 36.0. The van der Waals surface area contributed by atoms with Gasteiger partial charge < -0.3 is 13.6 Å². The average molecular weight is 856 g/mol. The highest BCUT2D eigenvalue weighted by molar-refractivity contribution is 6.18. The number of hydrogen-bond donors (Lipinski definition) is 0. The highest BCUT2D eigenvalue weighted by Crippen LogP contribution is 2.45. The largest absolute Gasteiger partial charge is 0.456 e. The maximum Gasteiger partial charge on any atom is 0.166 e. The maximum absolute atomic E-state index is 6.68. The molecule has 0 aliphatic carbocycles. The van der Waals surface area contributed by atoms with Crippen molar-refractivity contribution < 1.29 is 4.42 Å². The number of furan rings is 1. The van der Waals surface area contributed by atoms with Crippen LogP contribution in [0.3, 0.4) is 0 Å². The third-order valence-electron chi connectivity index (χ3n) is 13.3. The summed E-state index contributed by atoms with van der Waals surface area (Å²) >= 11 is 0. The molecule has 0 radical (unpaired) electrons. The van der Waals surface area contributed by atoms with Crippen molar-refractivity contribution in [1.29, 1.82) is 0 Å². The molecule has 6 heteroatoms. The van der Waals surface area contributed by atoms with Crippen LogP contribution in [0.1, 0.15) is 0 Å². The molecule has 0 aliphatic rings. The molecular formula is C61H37N5O. The van der Waals surface area contributed by atoms with Gasteiger partial charge in [-0.3, -0.25) is 0 Å². The van der Waals surface area contributed by atoms with Gasteiger partial charge in [0.1, 0.15) is 11.2 Å². The second kappa shape index (κ2) is 14.7. The van der Waals surface area contributed by atoms with Crippen molar-refractivity contribution >= 4 is 76.3 Å². The number of nitrogens with zero attached hydrogens (tertiary/aromatic N) is 5. The summed E-state index contributed by atoms with van der Waals surface area (Å²) in [7, 11) is 0. The summed E-state index contributed by atoms with van der Waals surface area (Å²) in [6.07, 6.45) is 0. The number of para-hydroxylation sites is 5. The molecule has 0 saturated heterocycles. The van der Waals surface area contributed by atoms with E-state index < -0.39 is 0 Å². The summed E-state index contributed by atoms with van der Waals surface area (Å²) in [6.45, 7) is 0. The van der Waals surface area contributed by atoms with Gasteiger partial charge in [0.15, 0.2) is 17.5 Å². The maximum atomic E-state index is 6.68. The van der Waals surface area contributed by atoms with Crippen LogP contribution in [-0.4, -0.2) is 24.1 Å². The molecule has 4 aromatic heterocycles. The molecule has 0 fully saturated rings. The molecule has 0 unspecified atom stereocenters. The Bertz CT molecular complexity index is 4280. The molecular weight excluding hydrogens is 819 g/mol. The SMILES string of the molecule is c1ccc(-c2cccc(-c3nc(-c4ccc5oc6ccccc6c5c4-n4c5ccccc5c5cc6ccccc6cc54)nc(-c4cccc5c6ccccc6n(-c6ccccc6)c45)n3)c2)cc1. The molecule has 0 spiro atoms. The lowest BCUT2D eigenvalue weighted by Gasteiger charge is -2.17. The first-order chi connectivity index (χ1) is 33.2. The van der Waals surface area contributed by atoms with Crippen molar-refractivity contribution in [2.45, 2.75) is 0 Å². The Kier molecular flexibility index (Phi) is 8.18. The highest BCUT2D eigenvalue weighted by atomic mass is 16.3. The van der Waals surface area contributed by atoms with Gasteiger partial charge >= 0.3 is 0 Å². The van der Waals surface area contributed by atoms with Gasteiger partial charge in [-0.1, -0.05) is 158 Å². The summed E-state index contributed by atoms with van der Waals surface area (Å²) in [4.78, 5) is 16.6. The Labute approximate surface area is 384 Å². The topological polar surface area (TPSA) is 61.7 Å². The summed E-state index contributed by atoms with van der Waals surface area (Å²) in [5, 5.41) is 8.97. The van der Waals surface area contributed by atoms with Gasteiger partial charge in [0.05, 0.1) is 33.1 Å². The van der Waals surface area contributed by atoms with Gasteiger partial charge in [0, 0.05) is 49.3 Å². The van der Waals surface area contributed by atoms with Crippen molar-refractivity contribution in [1.82, 2.24) is 24.1 Å². The minimum atomic E-state index is 0.554. The predicted octanol–water partition coefficient (Wildman–Crippen LogP) is 15.8. The first-order valence-electron chi connectivity index (χ1n) is 22.6. The lowest BCUT2D eigenvalue weighted by Crippen LogP contribution is -2.05. The van der Waals surface area contributed by atoms with E-state index in [1.165, 1.54) is 10.8 Å². The monoisotopic (exact) mass is 855 g/mol. The predicted molar refractivity (Wildman–Crippen MR) is 275 cm³/mol. The smallest absolute Gasteiger partial charge is 0.166 e. The molecule has 4 heterocycles. The highest BCUT2D eigenvalue weighted by Gasteiger charge is 2.26. The van der Waals surface area contributed by atoms with Crippen LogP contribution in [0, 0.1) is 0 Å². The first kappa shape index (κ1) is 37.3. The van der Waals surface area contributed by atoms with E-state index in [1.807, 2.05) is 18.2 Å². The lowest BCUT2D eigenvalue weighted by molar-refractivity contribution is 0.669. The Morgan fingerprint density at radius 3 is 1.72 bits per heavy atom. The number of benzene rings is 10. The molecule has 14 aromatic rings. The molecule has 0 bridgehead atoms. The average Bonchev–Trinajstić information content (AvgIpc) is 4.06. The van der Waals surface area contributed by atoms with Crippen LogP contribution in [-0.2, 0) is 0 Å². The number of hydrogen-bond acceptors (Lipinski definition) is 4. The summed E-state index contributed by atoms with van der Waals surface area (Å²) in [5.41, 5.74) is 12.8. The molecule has 0 amide bonds. The molecule has 0 atom stereocenters. The van der Waals surface area contributed by atoms with Gasteiger partial charge in [0.2, 0.25) is 0 Å². The van der Waals surface area contributed by atoms with E-state index in [2.05, 4.69) is 215 Å². The van der Waals surface area contributed by atoms with Crippen LogP contribution in [0.2, 0.25) is 0 Å². The minimum Gasteiger partial charge on any atom is -0.456 e. The number of aromatic nitrogens is 5. The van der Waals surface area contributed by atoms with Gasteiger partial charge in [0.25, 0.3) is 0 Å². The zero-order chi connectivity index (χ0) is 44.0. The Hall–Kier alpha value is -9.13. The van der Waals surface area contributed by atoms with Crippen molar-refractivity contribution in [2.75, 3.05) is 0 Å². The van der Waals surface area contributed by atoms with E-state index in [1.54, 1.807) is 0 Å². The van der Waals surface area contributed by atoms with Crippen LogP contribution in [0.5, 0.6) is 0 Å². The van der Waals surface area contributed by atoms with Crippen LogP contribution in [0.4, 0.5) is 0 Å². The van der Waals surface area contributed by atoms with Crippen molar-refractivity contribution in [3.05, 3.63) is 224 Å². The van der Waals surface area contributed by atoms with Gasteiger partial charge in [-0.25, -0.2) is 15.0 Å². The lowest BCUT2D eigenvalue weighted by atomic mass is 10.0. The van der Waals surface area contributed by atoms with Gasteiger partial charge in [-0.15, -0.1) is 0 Å². The normalized spacial score (nSPS) is 11.9. The summed E-state index contributed by atoms with van der Waals surface area (Å²) in [6, 6.07) is 79.0. The van der Waals surface area contributed by atoms with E-state index in [9.17, 15) is 0 Å². The first-order valence-corrected chi connectivity index (χ1v) is 22.6. The Morgan fingerprint density at radius 1 is 0.328 bits per heavy atom. The van der Waals surface area contributed by atoms with Crippen LogP contribution >= 0.6 is 0 Å². The van der Waals surface area contributed by atoms with E-state index in [0.717, 1.165) is 105 Å². The second-order valence-corrected chi connectivity index (χ2v) is 17.1. The van der Waals surface area contributed by atoms with Crippen LogP contribution in [0.25, 0.3) is 133 Å². The van der Waals surface area contributed by atoms with Gasteiger partial charge in [-0.2, -0.15) is 0 Å². The molecule has 0 saturated carbocycles. The standard InChI is InChI=1S/C61H37N5O/c1-3-17-38(18-4-1)39-21-15-22-42(35-39)59-62-60(48-29-16-28-46-44-25-9-12-30-51(44)65(57(46)48)43-23-5-2-6-24-43)64-61(63-59)49-33-34-55-56(47-27-11-14-32-54(47)67-55)58(49)66-52-31-13-10-26-45(52)50-36-40-19-7-8-20-41(40)37-53(50)66/h1-37H. The fraction of sp³-hybridized carbons (Fsp3) is 0. The number of fused-ring (bicyclic) bond motifs is 10. The Morgan fingerprint density at radius 2 is 0.910 bits per heavy atom. The fourth-order valence-corrected chi connectivity index (χ4v) is 10.4. The van der Waals surface area contributed by atoms with E-state index in [4.69, 9.17) is 19.4 Å². The van der Waals surface area contributed by atoms with Crippen molar-refractivity contribution in [3.63, 3.8) is 0 Å². The second-order valence-electron chi connectivity index (χ2n) is 17.1.